The Bertz CT molecular complexity index is 940. The molecule has 0 bridgehead atoms. The molecule has 3 heteroatoms. The first-order valence-electron chi connectivity index (χ1n) is 7.07. The molecular weight excluding hydrogens is 260 g/mol. The lowest BCUT2D eigenvalue weighted by Gasteiger charge is -2.07. The van der Waals surface area contributed by atoms with E-state index in [-0.39, 0.29) is 0 Å². The molecule has 1 aromatic carbocycles. The number of aromatic nitrogens is 2. The van der Waals surface area contributed by atoms with Crippen molar-refractivity contribution in [1.29, 1.82) is 0 Å². The molecule has 0 aliphatic heterocycles. The van der Waals surface area contributed by atoms with E-state index >= 15 is 0 Å². The van der Waals surface area contributed by atoms with Gasteiger partial charge in [0.1, 0.15) is 5.52 Å². The zero-order valence-electron chi connectivity index (χ0n) is 11.7. The van der Waals surface area contributed by atoms with Crippen LogP contribution in [0.15, 0.2) is 59.5 Å². The molecule has 0 amide bonds. The van der Waals surface area contributed by atoms with Gasteiger partial charge in [0.25, 0.3) is 0 Å². The number of hydrogen-bond donors (Lipinski definition) is 0. The van der Waals surface area contributed by atoms with Crippen LogP contribution in [0.25, 0.3) is 33.1 Å². The van der Waals surface area contributed by atoms with Crippen molar-refractivity contribution in [3.8, 4) is 11.3 Å². The number of pyridine rings is 2. The van der Waals surface area contributed by atoms with Crippen LogP contribution >= 0.6 is 0 Å². The second kappa shape index (κ2) is 4.70. The van der Waals surface area contributed by atoms with Gasteiger partial charge in [-0.3, -0.25) is 9.97 Å². The van der Waals surface area contributed by atoms with Gasteiger partial charge in [-0.05, 0) is 42.3 Å². The first-order chi connectivity index (χ1) is 10.4. The van der Waals surface area contributed by atoms with Gasteiger partial charge in [0.15, 0.2) is 5.58 Å². The van der Waals surface area contributed by atoms with Gasteiger partial charge in [-0.2, -0.15) is 0 Å². The molecule has 21 heavy (non-hydrogen) atoms. The van der Waals surface area contributed by atoms with Crippen molar-refractivity contribution in [1.82, 2.24) is 9.97 Å². The summed E-state index contributed by atoms with van der Waals surface area (Å²) in [7, 11) is 0. The molecule has 0 fully saturated rings. The SMILES string of the molecule is CCc1ccnc(-c2cc3ccoc3c3ncccc23)c1. The normalized spacial score (nSPS) is 11.3. The Labute approximate surface area is 122 Å². The molecule has 0 N–H and O–H groups in total. The summed E-state index contributed by atoms with van der Waals surface area (Å²) in [4.78, 5) is 9.03. The van der Waals surface area contributed by atoms with E-state index in [4.69, 9.17) is 4.42 Å². The standard InChI is InChI=1S/C18H14N2O/c1-2-12-5-8-19-16(10-12)15-11-13-6-9-21-18(13)17-14(15)4-3-7-20-17/h3-11H,2H2,1H3. The third-order valence-corrected chi connectivity index (χ3v) is 3.82. The first-order valence-corrected chi connectivity index (χ1v) is 7.07. The summed E-state index contributed by atoms with van der Waals surface area (Å²) in [5.74, 6) is 0. The van der Waals surface area contributed by atoms with E-state index in [9.17, 15) is 0 Å². The van der Waals surface area contributed by atoms with E-state index < -0.39 is 0 Å². The van der Waals surface area contributed by atoms with Gasteiger partial charge in [-0.1, -0.05) is 13.0 Å². The van der Waals surface area contributed by atoms with Crippen molar-refractivity contribution >= 4 is 21.9 Å². The highest BCUT2D eigenvalue weighted by molar-refractivity contribution is 6.09. The Hall–Kier alpha value is -2.68. The highest BCUT2D eigenvalue weighted by atomic mass is 16.3. The minimum atomic E-state index is 0.834. The Morgan fingerprint density at radius 1 is 1.05 bits per heavy atom. The number of furan rings is 1. The largest absolute Gasteiger partial charge is 0.462 e. The number of hydrogen-bond acceptors (Lipinski definition) is 3. The highest BCUT2D eigenvalue weighted by Crippen LogP contribution is 2.33. The molecule has 0 spiro atoms. The molecule has 3 heterocycles. The maximum absolute atomic E-state index is 5.58. The predicted molar refractivity (Wildman–Crippen MR) is 84.1 cm³/mol. The van der Waals surface area contributed by atoms with Gasteiger partial charge >= 0.3 is 0 Å². The quantitative estimate of drug-likeness (QED) is 0.536. The fourth-order valence-corrected chi connectivity index (χ4v) is 2.72. The molecule has 4 aromatic rings. The highest BCUT2D eigenvalue weighted by Gasteiger charge is 2.12. The van der Waals surface area contributed by atoms with E-state index in [0.717, 1.165) is 39.6 Å². The summed E-state index contributed by atoms with van der Waals surface area (Å²) in [6.07, 6.45) is 6.37. The lowest BCUT2D eigenvalue weighted by molar-refractivity contribution is 0.618. The van der Waals surface area contributed by atoms with Crippen LogP contribution in [-0.2, 0) is 6.42 Å². The summed E-state index contributed by atoms with van der Waals surface area (Å²) >= 11 is 0. The Morgan fingerprint density at radius 3 is 2.90 bits per heavy atom. The number of benzene rings is 1. The minimum Gasteiger partial charge on any atom is -0.462 e. The van der Waals surface area contributed by atoms with Crippen LogP contribution in [0.1, 0.15) is 12.5 Å². The van der Waals surface area contributed by atoms with Crippen LogP contribution in [-0.4, -0.2) is 9.97 Å². The van der Waals surface area contributed by atoms with E-state index in [1.165, 1.54) is 5.56 Å². The summed E-state index contributed by atoms with van der Waals surface area (Å²) in [6.45, 7) is 2.15. The zero-order chi connectivity index (χ0) is 14.2. The maximum atomic E-state index is 5.58. The average molecular weight is 274 g/mol. The topological polar surface area (TPSA) is 38.9 Å². The number of nitrogens with zero attached hydrogens (tertiary/aromatic N) is 2. The summed E-state index contributed by atoms with van der Waals surface area (Å²) in [6, 6.07) is 12.3. The second-order valence-electron chi connectivity index (χ2n) is 5.07. The second-order valence-corrected chi connectivity index (χ2v) is 5.07. The van der Waals surface area contributed by atoms with E-state index in [2.05, 4.69) is 41.2 Å². The smallest absolute Gasteiger partial charge is 0.160 e. The van der Waals surface area contributed by atoms with E-state index in [1.54, 1.807) is 12.5 Å². The van der Waals surface area contributed by atoms with Crippen LogP contribution in [0.3, 0.4) is 0 Å². The monoisotopic (exact) mass is 274 g/mol. The molecule has 4 rings (SSSR count). The molecule has 0 unspecified atom stereocenters. The van der Waals surface area contributed by atoms with Gasteiger partial charge in [0.2, 0.25) is 0 Å². The molecule has 0 saturated heterocycles. The Kier molecular flexibility index (Phi) is 2.71. The molecule has 0 atom stereocenters. The molecule has 3 nitrogen and oxygen atoms in total. The molecule has 102 valence electrons. The first kappa shape index (κ1) is 12.1. The number of aryl methyl sites for hydroxylation is 1. The molecule has 0 saturated carbocycles. The van der Waals surface area contributed by atoms with Crippen molar-refractivity contribution in [2.75, 3.05) is 0 Å². The van der Waals surface area contributed by atoms with Gasteiger partial charge in [-0.25, -0.2) is 0 Å². The van der Waals surface area contributed by atoms with E-state index in [1.807, 2.05) is 18.3 Å². The molecule has 0 aliphatic carbocycles. The lowest BCUT2D eigenvalue weighted by Crippen LogP contribution is -1.89. The molecule has 3 aromatic heterocycles. The molecule has 0 aliphatic rings. The van der Waals surface area contributed by atoms with Gasteiger partial charge in [0, 0.05) is 28.7 Å². The molecular formula is C18H14N2O. The van der Waals surface area contributed by atoms with E-state index in [0.29, 0.717) is 0 Å². The molecule has 0 radical (unpaired) electrons. The van der Waals surface area contributed by atoms with Crippen molar-refractivity contribution in [3.63, 3.8) is 0 Å². The fourth-order valence-electron chi connectivity index (χ4n) is 2.72. The van der Waals surface area contributed by atoms with Gasteiger partial charge in [-0.15, -0.1) is 0 Å². The summed E-state index contributed by atoms with van der Waals surface area (Å²) in [5.41, 5.74) is 5.08. The van der Waals surface area contributed by atoms with Crippen molar-refractivity contribution in [2.24, 2.45) is 0 Å². The summed E-state index contributed by atoms with van der Waals surface area (Å²) in [5, 5.41) is 2.13. The third-order valence-electron chi connectivity index (χ3n) is 3.82. The fraction of sp³-hybridized carbons (Fsp3) is 0.111. The predicted octanol–water partition coefficient (Wildman–Crippen LogP) is 4.61. The Morgan fingerprint density at radius 2 is 2.00 bits per heavy atom. The van der Waals surface area contributed by atoms with Gasteiger partial charge in [0.05, 0.1) is 12.0 Å². The maximum Gasteiger partial charge on any atom is 0.160 e. The number of fused-ring (bicyclic) bond motifs is 3. The number of rotatable bonds is 2. The van der Waals surface area contributed by atoms with Crippen LogP contribution in [0.2, 0.25) is 0 Å². The third kappa shape index (κ3) is 1.89. The van der Waals surface area contributed by atoms with Crippen molar-refractivity contribution in [3.05, 3.63) is 60.6 Å². The van der Waals surface area contributed by atoms with Crippen molar-refractivity contribution < 1.29 is 4.42 Å². The van der Waals surface area contributed by atoms with Crippen LogP contribution in [0.4, 0.5) is 0 Å². The Balaban J connectivity index is 2.10. The lowest BCUT2D eigenvalue weighted by atomic mass is 10.0. The summed E-state index contributed by atoms with van der Waals surface area (Å²) < 4.78 is 5.58. The van der Waals surface area contributed by atoms with Crippen LogP contribution < -0.4 is 0 Å². The minimum absolute atomic E-state index is 0.834. The zero-order valence-corrected chi connectivity index (χ0v) is 11.7. The average Bonchev–Trinajstić information content (AvgIpc) is 3.03. The van der Waals surface area contributed by atoms with Crippen molar-refractivity contribution in [2.45, 2.75) is 13.3 Å². The van der Waals surface area contributed by atoms with Crippen LogP contribution in [0, 0.1) is 0 Å². The van der Waals surface area contributed by atoms with Gasteiger partial charge < -0.3 is 4.42 Å². The van der Waals surface area contributed by atoms with Crippen LogP contribution in [0.5, 0.6) is 0 Å².